The summed E-state index contributed by atoms with van der Waals surface area (Å²) in [5.41, 5.74) is -3.23. The van der Waals surface area contributed by atoms with Gasteiger partial charge in [0, 0.05) is 24.7 Å². The van der Waals surface area contributed by atoms with Crippen molar-refractivity contribution in [3.63, 3.8) is 0 Å². The highest BCUT2D eigenvalue weighted by atomic mass is 19.4. The van der Waals surface area contributed by atoms with Crippen molar-refractivity contribution in [3.8, 4) is 5.75 Å². The zero-order chi connectivity index (χ0) is 22.2. The van der Waals surface area contributed by atoms with Crippen LogP contribution in [0.5, 0.6) is 5.75 Å². The van der Waals surface area contributed by atoms with Gasteiger partial charge in [-0.15, -0.1) is 0 Å². The zero-order valence-electron chi connectivity index (χ0n) is 16.8. The van der Waals surface area contributed by atoms with Crippen LogP contribution < -0.4 is 10.1 Å². The van der Waals surface area contributed by atoms with Gasteiger partial charge in [0.1, 0.15) is 11.6 Å². The number of aliphatic hydroxyl groups is 1. The molecule has 0 saturated carbocycles. The molecule has 30 heavy (non-hydrogen) atoms. The standard InChI is InChI=1S/C21H23F4N3O2/c1-19(2,17-10-14(22)7-8-18(17)30-3)13-20(29,21(23,24)25)26-12-15-11-16-6-4-5-9-28(16)27-15/h4-11,26,29H,12-13H2,1-3H3. The number of aromatic nitrogens is 2. The fraction of sp³-hybridized carbons (Fsp3) is 0.381. The second kappa shape index (κ2) is 7.88. The first-order valence-corrected chi connectivity index (χ1v) is 9.27. The molecular formula is C21H23F4N3O2. The summed E-state index contributed by atoms with van der Waals surface area (Å²) in [6.07, 6.45) is -4.07. The third kappa shape index (κ3) is 4.41. The third-order valence-corrected chi connectivity index (χ3v) is 5.04. The highest BCUT2D eigenvalue weighted by molar-refractivity contribution is 5.47. The van der Waals surface area contributed by atoms with Crippen LogP contribution in [0.1, 0.15) is 31.5 Å². The van der Waals surface area contributed by atoms with Gasteiger partial charge in [-0.1, -0.05) is 19.9 Å². The van der Waals surface area contributed by atoms with E-state index >= 15 is 0 Å². The minimum absolute atomic E-state index is 0.224. The molecule has 5 nitrogen and oxygen atoms in total. The van der Waals surface area contributed by atoms with Crippen molar-refractivity contribution < 1.29 is 27.4 Å². The first-order chi connectivity index (χ1) is 13.9. The normalized spacial score (nSPS) is 14.7. The van der Waals surface area contributed by atoms with Gasteiger partial charge >= 0.3 is 6.18 Å². The third-order valence-electron chi connectivity index (χ3n) is 5.04. The van der Waals surface area contributed by atoms with Crippen LogP contribution in [0.2, 0.25) is 0 Å². The van der Waals surface area contributed by atoms with E-state index in [4.69, 9.17) is 4.74 Å². The van der Waals surface area contributed by atoms with Gasteiger partial charge in [0.05, 0.1) is 18.3 Å². The van der Waals surface area contributed by atoms with Gasteiger partial charge in [-0.05, 0) is 41.8 Å². The molecule has 2 heterocycles. The van der Waals surface area contributed by atoms with Crippen molar-refractivity contribution in [2.24, 2.45) is 0 Å². The second-order valence-corrected chi connectivity index (χ2v) is 7.82. The summed E-state index contributed by atoms with van der Waals surface area (Å²) in [5.74, 6) is -0.363. The Morgan fingerprint density at radius 3 is 2.50 bits per heavy atom. The van der Waals surface area contributed by atoms with E-state index in [1.54, 1.807) is 30.5 Å². The topological polar surface area (TPSA) is 58.8 Å². The summed E-state index contributed by atoms with van der Waals surface area (Å²) in [6, 6.07) is 10.6. The Labute approximate surface area is 171 Å². The molecule has 0 saturated heterocycles. The number of halogens is 4. The predicted molar refractivity (Wildman–Crippen MR) is 104 cm³/mol. The number of nitrogens with one attached hydrogen (secondary N) is 1. The van der Waals surface area contributed by atoms with Crippen molar-refractivity contribution in [1.29, 1.82) is 0 Å². The van der Waals surface area contributed by atoms with Crippen LogP contribution in [-0.4, -0.2) is 33.7 Å². The van der Waals surface area contributed by atoms with E-state index in [1.165, 1.54) is 31.5 Å². The lowest BCUT2D eigenvalue weighted by Crippen LogP contribution is -2.59. The molecule has 9 heteroatoms. The van der Waals surface area contributed by atoms with Gasteiger partial charge in [-0.3, -0.25) is 5.32 Å². The highest BCUT2D eigenvalue weighted by Crippen LogP contribution is 2.42. The molecule has 3 rings (SSSR count). The zero-order valence-corrected chi connectivity index (χ0v) is 16.8. The summed E-state index contributed by atoms with van der Waals surface area (Å²) in [6.45, 7) is 2.68. The maximum atomic E-state index is 13.9. The number of ether oxygens (including phenoxy) is 1. The number of pyridine rings is 1. The second-order valence-electron chi connectivity index (χ2n) is 7.82. The Morgan fingerprint density at radius 1 is 1.13 bits per heavy atom. The molecule has 0 aliphatic rings. The van der Waals surface area contributed by atoms with E-state index in [-0.39, 0.29) is 17.9 Å². The average Bonchev–Trinajstić information content (AvgIpc) is 3.08. The first-order valence-electron chi connectivity index (χ1n) is 9.27. The minimum atomic E-state index is -4.98. The summed E-state index contributed by atoms with van der Waals surface area (Å²) in [7, 11) is 1.35. The number of hydrogen-bond donors (Lipinski definition) is 2. The van der Waals surface area contributed by atoms with Crippen molar-refractivity contribution in [2.75, 3.05) is 7.11 Å². The Bertz CT molecular complexity index is 1000. The Hall–Kier alpha value is -2.65. The fourth-order valence-electron chi connectivity index (χ4n) is 3.52. The van der Waals surface area contributed by atoms with Crippen LogP contribution in [0, 0.1) is 5.82 Å². The van der Waals surface area contributed by atoms with Gasteiger partial charge in [0.2, 0.25) is 5.72 Å². The lowest BCUT2D eigenvalue weighted by atomic mass is 9.77. The van der Waals surface area contributed by atoms with Crippen molar-refractivity contribution in [3.05, 3.63) is 65.7 Å². The highest BCUT2D eigenvalue weighted by Gasteiger charge is 2.56. The van der Waals surface area contributed by atoms with E-state index < -0.39 is 29.6 Å². The van der Waals surface area contributed by atoms with Crippen LogP contribution >= 0.6 is 0 Å². The van der Waals surface area contributed by atoms with Crippen molar-refractivity contribution in [2.45, 2.75) is 44.1 Å². The first kappa shape index (κ1) is 22.0. The number of fused-ring (bicyclic) bond motifs is 1. The van der Waals surface area contributed by atoms with E-state index in [9.17, 15) is 22.7 Å². The van der Waals surface area contributed by atoms with E-state index in [0.717, 1.165) is 17.6 Å². The maximum Gasteiger partial charge on any atom is 0.431 e. The number of rotatable bonds is 7. The average molecular weight is 425 g/mol. The maximum absolute atomic E-state index is 13.9. The molecule has 1 unspecified atom stereocenters. The number of methoxy groups -OCH3 is 1. The number of alkyl halides is 3. The Balaban J connectivity index is 1.88. The van der Waals surface area contributed by atoms with Crippen LogP contribution in [0.15, 0.2) is 48.7 Å². The van der Waals surface area contributed by atoms with Crippen LogP contribution in [0.4, 0.5) is 17.6 Å². The SMILES string of the molecule is COc1ccc(F)cc1C(C)(C)CC(O)(NCc1cc2ccccn2n1)C(F)(F)F. The largest absolute Gasteiger partial charge is 0.496 e. The summed E-state index contributed by atoms with van der Waals surface area (Å²) < 4.78 is 62.1. The summed E-state index contributed by atoms with van der Waals surface area (Å²) in [4.78, 5) is 0. The fourth-order valence-corrected chi connectivity index (χ4v) is 3.52. The van der Waals surface area contributed by atoms with Crippen LogP contribution in [0.3, 0.4) is 0 Å². The van der Waals surface area contributed by atoms with Crippen LogP contribution in [-0.2, 0) is 12.0 Å². The Kier molecular flexibility index (Phi) is 5.79. The minimum Gasteiger partial charge on any atom is -0.496 e. The molecule has 0 amide bonds. The molecule has 1 aromatic carbocycles. The molecule has 0 aliphatic carbocycles. The predicted octanol–water partition coefficient (Wildman–Crippen LogP) is 4.19. The lowest BCUT2D eigenvalue weighted by Gasteiger charge is -2.38. The quantitative estimate of drug-likeness (QED) is 0.440. The smallest absolute Gasteiger partial charge is 0.431 e. The molecular weight excluding hydrogens is 402 g/mol. The van der Waals surface area contributed by atoms with Gasteiger partial charge < -0.3 is 9.84 Å². The van der Waals surface area contributed by atoms with Crippen molar-refractivity contribution in [1.82, 2.24) is 14.9 Å². The molecule has 3 aromatic rings. The summed E-state index contributed by atoms with van der Waals surface area (Å²) in [5, 5.41) is 17.0. The molecule has 0 aliphatic heterocycles. The molecule has 0 spiro atoms. The lowest BCUT2D eigenvalue weighted by molar-refractivity contribution is -0.280. The Morgan fingerprint density at radius 2 is 1.87 bits per heavy atom. The van der Waals surface area contributed by atoms with E-state index in [0.29, 0.717) is 5.69 Å². The van der Waals surface area contributed by atoms with E-state index in [2.05, 4.69) is 10.4 Å². The van der Waals surface area contributed by atoms with Gasteiger partial charge in [0.25, 0.3) is 0 Å². The van der Waals surface area contributed by atoms with Gasteiger partial charge in [-0.2, -0.15) is 18.3 Å². The molecule has 2 N–H and O–H groups in total. The van der Waals surface area contributed by atoms with E-state index in [1.807, 2.05) is 0 Å². The molecule has 2 aromatic heterocycles. The molecule has 0 bridgehead atoms. The monoisotopic (exact) mass is 425 g/mol. The van der Waals surface area contributed by atoms with Gasteiger partial charge in [-0.25, -0.2) is 8.91 Å². The molecule has 1 atom stereocenters. The molecule has 0 fully saturated rings. The summed E-state index contributed by atoms with van der Waals surface area (Å²) >= 11 is 0. The van der Waals surface area contributed by atoms with Crippen LogP contribution in [0.25, 0.3) is 5.52 Å². The van der Waals surface area contributed by atoms with Crippen molar-refractivity contribution >= 4 is 5.52 Å². The van der Waals surface area contributed by atoms with Gasteiger partial charge in [0.15, 0.2) is 0 Å². The number of hydrogen-bond acceptors (Lipinski definition) is 4. The number of nitrogens with zero attached hydrogens (tertiary/aromatic N) is 2. The molecule has 162 valence electrons. The number of benzene rings is 1. The molecule has 0 radical (unpaired) electrons.